The fraction of sp³-hybridized carbons (Fsp3) is 0.538. The van der Waals surface area contributed by atoms with Crippen molar-refractivity contribution in [3.8, 4) is 0 Å². The highest BCUT2D eigenvalue weighted by molar-refractivity contribution is 7.12. The molecule has 5 nitrogen and oxygen atoms in total. The first-order valence-electron chi connectivity index (χ1n) is 6.34. The molecule has 1 rings (SSSR count). The summed E-state index contributed by atoms with van der Waals surface area (Å²) in [6.07, 6.45) is 0.834. The molecule has 0 spiro atoms. The molecule has 1 aromatic rings. The molecule has 1 aromatic heterocycles. The fourth-order valence-corrected chi connectivity index (χ4v) is 2.36. The summed E-state index contributed by atoms with van der Waals surface area (Å²) in [6.45, 7) is 4.54. The summed E-state index contributed by atoms with van der Waals surface area (Å²) in [5.41, 5.74) is 5.60. The van der Waals surface area contributed by atoms with Crippen LogP contribution in [0.1, 0.15) is 29.9 Å². The number of amides is 2. The minimum atomic E-state index is -0.224. The molecule has 4 N–H and O–H groups in total. The number of hydrogen-bond donors (Lipinski definition) is 3. The standard InChI is InChI=1S/C13H21N3O2S.ClH/c1-9(2)6-10(7-14)16-12(17)8-15-13(18)11-4-3-5-19-11;/h3-5,9-10H,6-8,14H2,1-2H3,(H,15,18)(H,16,17);1H. The van der Waals surface area contributed by atoms with E-state index in [1.54, 1.807) is 12.1 Å². The third kappa shape index (κ3) is 6.88. The Morgan fingerprint density at radius 2 is 2.10 bits per heavy atom. The zero-order chi connectivity index (χ0) is 14.3. The molecule has 2 amide bonds. The smallest absolute Gasteiger partial charge is 0.261 e. The minimum Gasteiger partial charge on any atom is -0.351 e. The molecule has 20 heavy (non-hydrogen) atoms. The molecule has 1 unspecified atom stereocenters. The maximum atomic E-state index is 11.7. The average Bonchev–Trinajstić information content (AvgIpc) is 2.88. The molecule has 0 aliphatic rings. The lowest BCUT2D eigenvalue weighted by molar-refractivity contribution is -0.120. The van der Waals surface area contributed by atoms with Crippen molar-refractivity contribution in [2.24, 2.45) is 11.7 Å². The summed E-state index contributed by atoms with van der Waals surface area (Å²) >= 11 is 1.35. The number of carbonyl (C=O) groups excluding carboxylic acids is 2. The topological polar surface area (TPSA) is 84.2 Å². The Kier molecular flexibility index (Phi) is 9.20. The van der Waals surface area contributed by atoms with E-state index in [4.69, 9.17) is 5.73 Å². The van der Waals surface area contributed by atoms with Gasteiger partial charge >= 0.3 is 0 Å². The van der Waals surface area contributed by atoms with E-state index < -0.39 is 0 Å². The molecule has 0 bridgehead atoms. The van der Waals surface area contributed by atoms with Gasteiger partial charge in [-0.25, -0.2) is 0 Å². The van der Waals surface area contributed by atoms with Crippen molar-refractivity contribution in [2.75, 3.05) is 13.1 Å². The summed E-state index contributed by atoms with van der Waals surface area (Å²) in [6, 6.07) is 3.48. The van der Waals surface area contributed by atoms with Crippen LogP contribution < -0.4 is 16.4 Å². The lowest BCUT2D eigenvalue weighted by Crippen LogP contribution is -2.45. The second-order valence-electron chi connectivity index (χ2n) is 4.79. The van der Waals surface area contributed by atoms with E-state index in [0.29, 0.717) is 17.3 Å². The van der Waals surface area contributed by atoms with Crippen molar-refractivity contribution in [3.05, 3.63) is 22.4 Å². The van der Waals surface area contributed by atoms with Crippen LogP contribution in [0.25, 0.3) is 0 Å². The first-order valence-corrected chi connectivity index (χ1v) is 7.22. The zero-order valence-corrected chi connectivity index (χ0v) is 13.4. The van der Waals surface area contributed by atoms with Crippen molar-refractivity contribution < 1.29 is 9.59 Å². The largest absolute Gasteiger partial charge is 0.351 e. The van der Waals surface area contributed by atoms with Crippen LogP contribution >= 0.6 is 23.7 Å². The highest BCUT2D eigenvalue weighted by Crippen LogP contribution is 2.07. The molecular weight excluding hydrogens is 298 g/mol. The molecule has 0 fully saturated rings. The molecule has 1 heterocycles. The summed E-state index contributed by atoms with van der Waals surface area (Å²) in [5.74, 6) is 0.0360. The van der Waals surface area contributed by atoms with E-state index in [9.17, 15) is 9.59 Å². The normalized spacial score (nSPS) is 11.6. The quantitative estimate of drug-likeness (QED) is 0.710. The second-order valence-corrected chi connectivity index (χ2v) is 5.74. The van der Waals surface area contributed by atoms with E-state index >= 15 is 0 Å². The van der Waals surface area contributed by atoms with Gasteiger partial charge in [-0.15, -0.1) is 23.7 Å². The van der Waals surface area contributed by atoms with E-state index in [0.717, 1.165) is 6.42 Å². The number of halogens is 1. The van der Waals surface area contributed by atoms with Crippen molar-refractivity contribution in [1.82, 2.24) is 10.6 Å². The van der Waals surface area contributed by atoms with Gasteiger partial charge in [-0.05, 0) is 23.8 Å². The van der Waals surface area contributed by atoms with Crippen LogP contribution in [0.2, 0.25) is 0 Å². The van der Waals surface area contributed by atoms with E-state index in [-0.39, 0.29) is 36.8 Å². The Balaban J connectivity index is 0.00000361. The summed E-state index contributed by atoms with van der Waals surface area (Å²) < 4.78 is 0. The lowest BCUT2D eigenvalue weighted by atomic mass is 10.0. The predicted octanol–water partition coefficient (Wildman–Crippen LogP) is 1.39. The van der Waals surface area contributed by atoms with E-state index in [2.05, 4.69) is 24.5 Å². The SMILES string of the molecule is CC(C)CC(CN)NC(=O)CNC(=O)c1cccs1.Cl. The minimum absolute atomic E-state index is 0. The molecule has 114 valence electrons. The molecule has 0 aliphatic heterocycles. The second kappa shape index (κ2) is 9.74. The fourth-order valence-electron chi connectivity index (χ4n) is 1.72. The van der Waals surface area contributed by atoms with Crippen LogP contribution in [0.4, 0.5) is 0 Å². The van der Waals surface area contributed by atoms with Gasteiger partial charge in [0.15, 0.2) is 0 Å². The van der Waals surface area contributed by atoms with Gasteiger partial charge in [0, 0.05) is 12.6 Å². The predicted molar refractivity (Wildman–Crippen MR) is 84.3 cm³/mol. The van der Waals surface area contributed by atoms with Crippen LogP contribution in [0.3, 0.4) is 0 Å². The Bertz CT molecular complexity index is 410. The maximum Gasteiger partial charge on any atom is 0.261 e. The zero-order valence-electron chi connectivity index (χ0n) is 11.7. The van der Waals surface area contributed by atoms with Crippen molar-refractivity contribution in [3.63, 3.8) is 0 Å². The number of carbonyl (C=O) groups is 2. The molecule has 0 aromatic carbocycles. The Labute approximate surface area is 129 Å². The number of rotatable bonds is 7. The van der Waals surface area contributed by atoms with Crippen LogP contribution in [0.5, 0.6) is 0 Å². The summed E-state index contributed by atoms with van der Waals surface area (Å²) in [7, 11) is 0. The molecule has 0 aliphatic carbocycles. The Morgan fingerprint density at radius 3 is 2.60 bits per heavy atom. The van der Waals surface area contributed by atoms with Gasteiger partial charge in [0.2, 0.25) is 5.91 Å². The number of thiophene rings is 1. The molecular formula is C13H22ClN3O2S. The van der Waals surface area contributed by atoms with Crippen molar-refractivity contribution in [1.29, 1.82) is 0 Å². The first kappa shape index (κ1) is 18.9. The van der Waals surface area contributed by atoms with Gasteiger partial charge in [0.25, 0.3) is 5.91 Å². The highest BCUT2D eigenvalue weighted by Gasteiger charge is 2.13. The lowest BCUT2D eigenvalue weighted by Gasteiger charge is -2.18. The van der Waals surface area contributed by atoms with Gasteiger partial charge in [-0.3, -0.25) is 9.59 Å². The van der Waals surface area contributed by atoms with Gasteiger partial charge in [0.1, 0.15) is 0 Å². The number of nitrogens with one attached hydrogen (secondary N) is 2. The monoisotopic (exact) mass is 319 g/mol. The first-order chi connectivity index (χ1) is 9.02. The van der Waals surface area contributed by atoms with Gasteiger partial charge in [0.05, 0.1) is 11.4 Å². The van der Waals surface area contributed by atoms with Crippen molar-refractivity contribution in [2.45, 2.75) is 26.3 Å². The Morgan fingerprint density at radius 1 is 1.40 bits per heavy atom. The number of nitrogens with two attached hydrogens (primary N) is 1. The van der Waals surface area contributed by atoms with Gasteiger partial charge in [-0.2, -0.15) is 0 Å². The molecule has 0 radical (unpaired) electrons. The van der Waals surface area contributed by atoms with Crippen molar-refractivity contribution >= 4 is 35.6 Å². The molecule has 0 saturated heterocycles. The van der Waals surface area contributed by atoms with Crippen LogP contribution in [-0.2, 0) is 4.79 Å². The summed E-state index contributed by atoms with van der Waals surface area (Å²) in [5, 5.41) is 7.23. The van der Waals surface area contributed by atoms with E-state index in [1.165, 1.54) is 11.3 Å². The molecule has 1 atom stereocenters. The van der Waals surface area contributed by atoms with Crippen LogP contribution in [0.15, 0.2) is 17.5 Å². The van der Waals surface area contributed by atoms with Crippen LogP contribution in [-0.4, -0.2) is 30.9 Å². The molecule has 7 heteroatoms. The number of hydrogen-bond acceptors (Lipinski definition) is 4. The van der Waals surface area contributed by atoms with E-state index in [1.807, 2.05) is 5.38 Å². The summed E-state index contributed by atoms with van der Waals surface area (Å²) in [4.78, 5) is 23.9. The van der Waals surface area contributed by atoms with Gasteiger partial charge in [-0.1, -0.05) is 19.9 Å². The maximum absolute atomic E-state index is 11.7. The Hall–Kier alpha value is -1.11. The van der Waals surface area contributed by atoms with Crippen LogP contribution in [0, 0.1) is 5.92 Å². The van der Waals surface area contributed by atoms with Gasteiger partial charge < -0.3 is 16.4 Å². The third-order valence-corrected chi connectivity index (χ3v) is 3.43. The highest BCUT2D eigenvalue weighted by atomic mass is 35.5. The third-order valence-electron chi connectivity index (χ3n) is 2.56. The average molecular weight is 320 g/mol. The molecule has 0 saturated carbocycles.